The lowest BCUT2D eigenvalue weighted by Gasteiger charge is -2.15. The second-order valence-electron chi connectivity index (χ2n) is 5.55. The van der Waals surface area contributed by atoms with Crippen LogP contribution in [0.2, 0.25) is 0 Å². The first-order chi connectivity index (χ1) is 10.5. The van der Waals surface area contributed by atoms with Gasteiger partial charge in [-0.25, -0.2) is 4.39 Å². The molecule has 1 atom stereocenters. The fourth-order valence-electron chi connectivity index (χ4n) is 1.99. The van der Waals surface area contributed by atoms with Crippen LogP contribution in [-0.2, 0) is 4.79 Å². The number of carbonyl (C=O) groups excluding carboxylic acids is 1. The normalized spacial score (nSPS) is 12.5. The van der Waals surface area contributed by atoms with Crippen LogP contribution in [0.25, 0.3) is 0 Å². The Hall–Kier alpha value is -1.42. The van der Waals surface area contributed by atoms with E-state index in [1.165, 1.54) is 6.08 Å². The molecule has 0 aliphatic carbocycles. The quantitative estimate of drug-likeness (QED) is 0.416. The van der Waals surface area contributed by atoms with E-state index >= 15 is 0 Å². The van der Waals surface area contributed by atoms with Gasteiger partial charge in [0, 0.05) is 25.9 Å². The van der Waals surface area contributed by atoms with Gasteiger partial charge in [-0.3, -0.25) is 4.79 Å². The highest BCUT2D eigenvalue weighted by atomic mass is 19.1. The van der Waals surface area contributed by atoms with Crippen molar-refractivity contribution in [3.8, 4) is 0 Å². The van der Waals surface area contributed by atoms with Crippen molar-refractivity contribution in [2.24, 2.45) is 0 Å². The van der Waals surface area contributed by atoms with Crippen LogP contribution in [0.15, 0.2) is 37.0 Å². The predicted octanol–water partition coefficient (Wildman–Crippen LogP) is 3.64. The number of amides is 1. The fourth-order valence-corrected chi connectivity index (χ4v) is 1.99. The second-order valence-corrected chi connectivity index (χ2v) is 5.55. The number of nitrogens with zero attached hydrogens (tertiary/aromatic N) is 1. The zero-order valence-electron chi connectivity index (χ0n) is 14.1. The fraction of sp³-hybridized carbons (Fsp3) is 0.611. The molecule has 0 saturated carbocycles. The van der Waals surface area contributed by atoms with Crippen LogP contribution in [0, 0.1) is 0 Å². The van der Waals surface area contributed by atoms with Crippen molar-refractivity contribution in [1.82, 2.24) is 10.2 Å². The minimum atomic E-state index is -0.999. The summed E-state index contributed by atoms with van der Waals surface area (Å²) in [7, 11) is 2.06. The number of carbonyl (C=O) groups is 1. The molecular weight excluding hydrogens is 279 g/mol. The number of nitrogens with one attached hydrogen (secondary N) is 1. The summed E-state index contributed by atoms with van der Waals surface area (Å²) in [6.07, 6.45) is 7.35. The summed E-state index contributed by atoms with van der Waals surface area (Å²) in [4.78, 5) is 13.9. The SMILES string of the molecule is C=CC(F)C/C=C\C(=C)CCCC(=O)NCCN(C)CCC. The minimum Gasteiger partial charge on any atom is -0.355 e. The molecule has 0 saturated heterocycles. The molecule has 1 amide bonds. The van der Waals surface area contributed by atoms with Crippen LogP contribution in [-0.4, -0.2) is 43.7 Å². The van der Waals surface area contributed by atoms with Gasteiger partial charge in [-0.15, -0.1) is 6.58 Å². The maximum Gasteiger partial charge on any atom is 0.220 e. The summed E-state index contributed by atoms with van der Waals surface area (Å²) in [5.41, 5.74) is 0.923. The summed E-state index contributed by atoms with van der Waals surface area (Å²) in [5, 5.41) is 2.92. The minimum absolute atomic E-state index is 0.0807. The van der Waals surface area contributed by atoms with E-state index in [0.717, 1.165) is 37.9 Å². The summed E-state index contributed by atoms with van der Waals surface area (Å²) in [6.45, 7) is 12.1. The Morgan fingerprint density at radius 1 is 1.36 bits per heavy atom. The van der Waals surface area contributed by atoms with Gasteiger partial charge in [0.05, 0.1) is 0 Å². The number of alkyl halides is 1. The number of allylic oxidation sites excluding steroid dienone is 4. The van der Waals surface area contributed by atoms with Gasteiger partial charge in [0.25, 0.3) is 0 Å². The van der Waals surface area contributed by atoms with Gasteiger partial charge in [0.15, 0.2) is 0 Å². The van der Waals surface area contributed by atoms with Gasteiger partial charge in [-0.1, -0.05) is 37.3 Å². The molecule has 0 rings (SSSR count). The molecule has 1 N–H and O–H groups in total. The number of hydrogen-bond donors (Lipinski definition) is 1. The Labute approximate surface area is 135 Å². The summed E-state index contributed by atoms with van der Waals surface area (Å²) < 4.78 is 12.9. The zero-order valence-corrected chi connectivity index (χ0v) is 14.1. The Morgan fingerprint density at radius 2 is 2.09 bits per heavy atom. The lowest BCUT2D eigenvalue weighted by Crippen LogP contribution is -2.33. The van der Waals surface area contributed by atoms with Gasteiger partial charge in [-0.2, -0.15) is 0 Å². The largest absolute Gasteiger partial charge is 0.355 e. The van der Waals surface area contributed by atoms with Crippen molar-refractivity contribution < 1.29 is 9.18 Å². The first-order valence-corrected chi connectivity index (χ1v) is 8.05. The molecule has 0 spiro atoms. The summed E-state index contributed by atoms with van der Waals surface area (Å²) in [6, 6.07) is 0. The highest BCUT2D eigenvalue weighted by Crippen LogP contribution is 2.08. The molecule has 0 radical (unpaired) electrons. The number of likely N-dealkylation sites (N-methyl/N-ethyl adjacent to an activating group) is 1. The van der Waals surface area contributed by atoms with E-state index in [1.54, 1.807) is 6.08 Å². The zero-order chi connectivity index (χ0) is 16.8. The van der Waals surface area contributed by atoms with Gasteiger partial charge in [0.1, 0.15) is 6.17 Å². The first-order valence-electron chi connectivity index (χ1n) is 8.05. The maximum atomic E-state index is 12.9. The average molecular weight is 310 g/mol. The monoisotopic (exact) mass is 310 g/mol. The van der Waals surface area contributed by atoms with Gasteiger partial charge >= 0.3 is 0 Å². The molecule has 0 aromatic carbocycles. The molecule has 0 aliphatic rings. The Bertz CT molecular complexity index is 366. The molecule has 22 heavy (non-hydrogen) atoms. The van der Waals surface area contributed by atoms with E-state index in [0.29, 0.717) is 19.4 Å². The maximum absolute atomic E-state index is 12.9. The Kier molecular flexibility index (Phi) is 12.4. The van der Waals surface area contributed by atoms with Crippen LogP contribution in [0.3, 0.4) is 0 Å². The van der Waals surface area contributed by atoms with Crippen LogP contribution in [0.5, 0.6) is 0 Å². The van der Waals surface area contributed by atoms with E-state index in [-0.39, 0.29) is 5.91 Å². The number of rotatable bonds is 13. The third-order valence-corrected chi connectivity index (χ3v) is 3.29. The Morgan fingerprint density at radius 3 is 2.73 bits per heavy atom. The van der Waals surface area contributed by atoms with Gasteiger partial charge < -0.3 is 10.2 Å². The average Bonchev–Trinajstić information content (AvgIpc) is 2.47. The lowest BCUT2D eigenvalue weighted by molar-refractivity contribution is -0.121. The van der Waals surface area contributed by atoms with E-state index in [9.17, 15) is 9.18 Å². The topological polar surface area (TPSA) is 32.3 Å². The van der Waals surface area contributed by atoms with Crippen LogP contribution in [0.1, 0.15) is 39.0 Å². The molecule has 0 aromatic heterocycles. The Balaban J connectivity index is 3.66. The molecule has 4 heteroatoms. The van der Waals surface area contributed by atoms with Crippen LogP contribution >= 0.6 is 0 Å². The van der Waals surface area contributed by atoms with Crippen molar-refractivity contribution in [3.63, 3.8) is 0 Å². The lowest BCUT2D eigenvalue weighted by atomic mass is 10.1. The highest BCUT2D eigenvalue weighted by Gasteiger charge is 2.02. The highest BCUT2D eigenvalue weighted by molar-refractivity contribution is 5.75. The second kappa shape index (κ2) is 13.3. The van der Waals surface area contributed by atoms with E-state index in [2.05, 4.69) is 37.3 Å². The number of halogens is 1. The smallest absolute Gasteiger partial charge is 0.220 e. The molecule has 3 nitrogen and oxygen atoms in total. The van der Waals surface area contributed by atoms with Crippen LogP contribution in [0.4, 0.5) is 4.39 Å². The molecule has 1 unspecified atom stereocenters. The molecule has 126 valence electrons. The molecule has 0 aliphatic heterocycles. The van der Waals surface area contributed by atoms with Gasteiger partial charge in [0.2, 0.25) is 5.91 Å². The van der Waals surface area contributed by atoms with Crippen molar-refractivity contribution in [3.05, 3.63) is 37.0 Å². The van der Waals surface area contributed by atoms with Crippen molar-refractivity contribution in [2.75, 3.05) is 26.7 Å². The molecule has 0 fully saturated rings. The molecule has 0 heterocycles. The van der Waals surface area contributed by atoms with E-state index < -0.39 is 6.17 Å². The van der Waals surface area contributed by atoms with Crippen LogP contribution < -0.4 is 5.32 Å². The molecule has 0 bridgehead atoms. The molecule has 0 aromatic rings. The van der Waals surface area contributed by atoms with Crippen molar-refractivity contribution in [2.45, 2.75) is 45.2 Å². The summed E-state index contributed by atoms with van der Waals surface area (Å²) >= 11 is 0. The predicted molar refractivity (Wildman–Crippen MR) is 92.6 cm³/mol. The van der Waals surface area contributed by atoms with Gasteiger partial charge in [-0.05, 0) is 32.9 Å². The summed E-state index contributed by atoms with van der Waals surface area (Å²) in [5.74, 6) is 0.0807. The molecular formula is C18H31FN2O. The number of hydrogen-bond acceptors (Lipinski definition) is 2. The van der Waals surface area contributed by atoms with E-state index in [4.69, 9.17) is 0 Å². The van der Waals surface area contributed by atoms with Crippen molar-refractivity contribution >= 4 is 5.91 Å². The van der Waals surface area contributed by atoms with E-state index in [1.807, 2.05) is 6.08 Å². The standard InChI is InChI=1S/C18H31FN2O/c1-5-14-21(4)15-13-20-18(22)12-8-10-16(3)9-7-11-17(19)6-2/h6-7,9,17H,2-3,5,8,10-15H2,1,4H3,(H,20,22)/b9-7-. The van der Waals surface area contributed by atoms with Crippen molar-refractivity contribution in [1.29, 1.82) is 0 Å². The third-order valence-electron chi connectivity index (χ3n) is 3.29. The first kappa shape index (κ1) is 20.6. The third kappa shape index (κ3) is 12.3.